The number of nitrogens with zero attached hydrogens (tertiary/aromatic N) is 1. The van der Waals surface area contributed by atoms with E-state index in [-0.39, 0.29) is 23.8 Å². The van der Waals surface area contributed by atoms with Gasteiger partial charge in [0.25, 0.3) is 0 Å². The maximum atomic E-state index is 12.2. The fourth-order valence-corrected chi connectivity index (χ4v) is 4.74. The quantitative estimate of drug-likeness (QED) is 0.641. The number of amides is 1. The second-order valence-electron chi connectivity index (χ2n) is 7.81. The second kappa shape index (κ2) is 10.4. The van der Waals surface area contributed by atoms with Crippen molar-refractivity contribution in [3.05, 3.63) is 59.1 Å². The molecular formula is C22H28ClN3O3S. The Balaban J connectivity index is 1.43. The lowest BCUT2D eigenvalue weighted by Crippen LogP contribution is -2.32. The van der Waals surface area contributed by atoms with Gasteiger partial charge in [0.2, 0.25) is 15.9 Å². The van der Waals surface area contributed by atoms with Gasteiger partial charge in [-0.2, -0.15) is 0 Å². The molecule has 1 aliphatic rings. The molecule has 1 heterocycles. The minimum atomic E-state index is -3.69. The number of sulfonamides is 1. The Kier molecular flexibility index (Phi) is 7.88. The van der Waals surface area contributed by atoms with E-state index in [2.05, 4.69) is 21.9 Å². The molecule has 0 saturated carbocycles. The summed E-state index contributed by atoms with van der Waals surface area (Å²) in [7, 11) is -3.69. The van der Waals surface area contributed by atoms with Crippen molar-refractivity contribution >= 4 is 33.2 Å². The van der Waals surface area contributed by atoms with Crippen LogP contribution in [0.1, 0.15) is 31.7 Å². The molecule has 8 heteroatoms. The van der Waals surface area contributed by atoms with Gasteiger partial charge in [-0.25, -0.2) is 13.1 Å². The Morgan fingerprint density at radius 2 is 1.83 bits per heavy atom. The van der Waals surface area contributed by atoms with Crippen LogP contribution in [0, 0.1) is 5.92 Å². The first-order valence-electron chi connectivity index (χ1n) is 10.2. The molecule has 6 nitrogen and oxygen atoms in total. The Morgan fingerprint density at radius 3 is 2.50 bits per heavy atom. The van der Waals surface area contributed by atoms with Crippen molar-refractivity contribution in [3.8, 4) is 0 Å². The van der Waals surface area contributed by atoms with Crippen molar-refractivity contribution in [3.63, 3.8) is 0 Å². The van der Waals surface area contributed by atoms with Crippen LogP contribution in [0.5, 0.6) is 0 Å². The molecule has 30 heavy (non-hydrogen) atoms. The van der Waals surface area contributed by atoms with Crippen LogP contribution in [-0.2, 0) is 21.4 Å². The molecule has 1 saturated heterocycles. The van der Waals surface area contributed by atoms with Crippen LogP contribution in [0.3, 0.4) is 0 Å². The van der Waals surface area contributed by atoms with E-state index in [0.717, 1.165) is 25.6 Å². The highest BCUT2D eigenvalue weighted by Gasteiger charge is 2.16. The van der Waals surface area contributed by atoms with E-state index in [0.29, 0.717) is 10.7 Å². The lowest BCUT2D eigenvalue weighted by atomic mass is 9.99. The number of piperidine rings is 1. The molecule has 0 atom stereocenters. The molecule has 2 aromatic carbocycles. The minimum absolute atomic E-state index is 0.00610. The van der Waals surface area contributed by atoms with Crippen molar-refractivity contribution in [1.82, 2.24) is 9.62 Å². The van der Waals surface area contributed by atoms with E-state index in [1.807, 2.05) is 24.3 Å². The van der Waals surface area contributed by atoms with Gasteiger partial charge in [-0.15, -0.1) is 0 Å². The third kappa shape index (κ3) is 6.80. The van der Waals surface area contributed by atoms with Crippen LogP contribution in [0.25, 0.3) is 0 Å². The van der Waals surface area contributed by atoms with E-state index < -0.39 is 10.0 Å². The van der Waals surface area contributed by atoms with E-state index in [1.54, 1.807) is 12.1 Å². The average molecular weight is 450 g/mol. The van der Waals surface area contributed by atoms with Crippen LogP contribution >= 0.6 is 11.6 Å². The van der Waals surface area contributed by atoms with Crippen LogP contribution in [0.2, 0.25) is 5.02 Å². The predicted octanol–water partition coefficient (Wildman–Crippen LogP) is 3.88. The monoisotopic (exact) mass is 449 g/mol. The number of carbonyl (C=O) groups excluding carboxylic acids is 1. The van der Waals surface area contributed by atoms with Gasteiger partial charge in [0.1, 0.15) is 0 Å². The summed E-state index contributed by atoms with van der Waals surface area (Å²) in [6.07, 6.45) is 2.53. The highest BCUT2D eigenvalue weighted by Crippen LogP contribution is 2.19. The molecule has 0 aromatic heterocycles. The maximum absolute atomic E-state index is 12.2. The predicted molar refractivity (Wildman–Crippen MR) is 120 cm³/mol. The first-order chi connectivity index (χ1) is 14.3. The Hall–Kier alpha value is -1.93. The van der Waals surface area contributed by atoms with E-state index >= 15 is 0 Å². The third-order valence-electron chi connectivity index (χ3n) is 5.27. The second-order valence-corrected chi connectivity index (χ2v) is 10.0. The molecule has 1 amide bonds. The number of benzene rings is 2. The fraction of sp³-hybridized carbons (Fsp3) is 0.409. The number of carbonyl (C=O) groups is 1. The number of nitrogens with one attached hydrogen (secondary N) is 2. The summed E-state index contributed by atoms with van der Waals surface area (Å²) in [5, 5.41) is 3.15. The highest BCUT2D eigenvalue weighted by molar-refractivity contribution is 7.89. The van der Waals surface area contributed by atoms with Crippen molar-refractivity contribution in [1.29, 1.82) is 0 Å². The lowest BCUT2D eigenvalue weighted by molar-refractivity contribution is -0.116. The van der Waals surface area contributed by atoms with Gasteiger partial charge in [0.05, 0.1) is 4.90 Å². The summed E-state index contributed by atoms with van der Waals surface area (Å²) in [5.74, 6) is 0.565. The molecule has 3 rings (SSSR count). The number of hydrogen-bond donors (Lipinski definition) is 2. The molecule has 162 valence electrons. The zero-order chi connectivity index (χ0) is 21.6. The van der Waals surface area contributed by atoms with Gasteiger partial charge in [-0.3, -0.25) is 9.69 Å². The molecule has 0 radical (unpaired) electrons. The Morgan fingerprint density at radius 1 is 1.13 bits per heavy atom. The normalized spacial score (nSPS) is 15.8. The molecule has 2 aromatic rings. The van der Waals surface area contributed by atoms with Gasteiger partial charge >= 0.3 is 0 Å². The topological polar surface area (TPSA) is 78.5 Å². The molecule has 0 unspecified atom stereocenters. The smallest absolute Gasteiger partial charge is 0.240 e. The van der Waals surface area contributed by atoms with E-state index in [4.69, 9.17) is 11.6 Å². The van der Waals surface area contributed by atoms with Gasteiger partial charge < -0.3 is 5.32 Å². The van der Waals surface area contributed by atoms with Crippen LogP contribution in [0.4, 0.5) is 5.69 Å². The SMILES string of the molecule is CC1CCN(Cc2ccc(NC(=O)CCNS(=O)(=O)c3cccc(Cl)c3)cc2)CC1. The number of likely N-dealkylation sites (tertiary alicyclic amines) is 1. The van der Waals surface area contributed by atoms with Crippen molar-refractivity contribution in [2.75, 3.05) is 25.0 Å². The van der Waals surface area contributed by atoms with Crippen molar-refractivity contribution < 1.29 is 13.2 Å². The van der Waals surface area contributed by atoms with Gasteiger partial charge in [-0.1, -0.05) is 36.7 Å². The van der Waals surface area contributed by atoms with Crippen LogP contribution < -0.4 is 10.0 Å². The number of halogens is 1. The van der Waals surface area contributed by atoms with Gasteiger partial charge in [0, 0.05) is 30.2 Å². The molecule has 1 fully saturated rings. The molecule has 0 spiro atoms. The van der Waals surface area contributed by atoms with Gasteiger partial charge in [0.15, 0.2) is 0 Å². The van der Waals surface area contributed by atoms with Crippen molar-refractivity contribution in [2.24, 2.45) is 5.92 Å². The minimum Gasteiger partial charge on any atom is -0.326 e. The van der Waals surface area contributed by atoms with Gasteiger partial charge in [-0.05, 0) is 67.7 Å². The zero-order valence-corrected chi connectivity index (χ0v) is 18.7. The van der Waals surface area contributed by atoms with Crippen LogP contribution in [0.15, 0.2) is 53.4 Å². The van der Waals surface area contributed by atoms with Crippen molar-refractivity contribution in [2.45, 2.75) is 37.6 Å². The molecular weight excluding hydrogens is 422 g/mol. The molecule has 0 aliphatic carbocycles. The van der Waals surface area contributed by atoms with E-state index in [1.165, 1.54) is 30.5 Å². The van der Waals surface area contributed by atoms with E-state index in [9.17, 15) is 13.2 Å². The highest BCUT2D eigenvalue weighted by atomic mass is 35.5. The molecule has 2 N–H and O–H groups in total. The average Bonchev–Trinajstić information content (AvgIpc) is 2.71. The fourth-order valence-electron chi connectivity index (χ4n) is 3.41. The summed E-state index contributed by atoms with van der Waals surface area (Å²) in [4.78, 5) is 14.7. The number of rotatable bonds is 8. The summed E-state index contributed by atoms with van der Waals surface area (Å²) < 4.78 is 26.9. The lowest BCUT2D eigenvalue weighted by Gasteiger charge is -2.30. The first-order valence-corrected chi connectivity index (χ1v) is 12.0. The standard InChI is InChI=1S/C22H28ClN3O3S/c1-17-10-13-26(14-11-17)16-18-5-7-20(8-6-18)25-22(27)9-12-24-30(28,29)21-4-2-3-19(23)15-21/h2-8,15,17,24H,9-14,16H2,1H3,(H,25,27). The summed E-state index contributed by atoms with van der Waals surface area (Å²) in [5.41, 5.74) is 1.92. The Bertz CT molecular complexity index is 956. The van der Waals surface area contributed by atoms with Crippen LogP contribution in [-0.4, -0.2) is 38.9 Å². The number of hydrogen-bond acceptors (Lipinski definition) is 4. The summed E-state index contributed by atoms with van der Waals surface area (Å²) in [6, 6.07) is 13.8. The Labute approximate surface area is 183 Å². The molecule has 1 aliphatic heterocycles. The first kappa shape index (κ1) is 22.7. The zero-order valence-electron chi connectivity index (χ0n) is 17.1. The third-order valence-corrected chi connectivity index (χ3v) is 6.96. The summed E-state index contributed by atoms with van der Waals surface area (Å²) in [6.45, 7) is 5.49. The maximum Gasteiger partial charge on any atom is 0.240 e. The summed E-state index contributed by atoms with van der Waals surface area (Å²) >= 11 is 5.84. The largest absolute Gasteiger partial charge is 0.326 e. The number of anilines is 1. The molecule has 0 bridgehead atoms.